The summed E-state index contributed by atoms with van der Waals surface area (Å²) in [5, 5.41) is 7.31. The monoisotopic (exact) mass is 618 g/mol. The van der Waals surface area contributed by atoms with E-state index in [1.807, 2.05) is 35.5 Å². The van der Waals surface area contributed by atoms with Gasteiger partial charge in [-0.15, -0.1) is 24.8 Å². The number of benzene rings is 1. The number of fused-ring (bicyclic) bond motifs is 1. The third kappa shape index (κ3) is 7.38. The molecule has 1 saturated heterocycles. The third-order valence-corrected chi connectivity index (χ3v) is 8.95. The number of methoxy groups -OCH3 is 1. The summed E-state index contributed by atoms with van der Waals surface area (Å²) < 4.78 is 7.49. The molecule has 1 aromatic carbocycles. The number of nitrogens with two attached hydrogens (primary N) is 1. The highest BCUT2D eigenvalue weighted by Crippen LogP contribution is 2.34. The van der Waals surface area contributed by atoms with Gasteiger partial charge in [-0.2, -0.15) is 9.97 Å². The molecule has 3 aromatic rings. The van der Waals surface area contributed by atoms with E-state index in [1.54, 1.807) is 7.11 Å². The molecule has 2 aromatic heterocycles. The molecular weight excluding hydrogens is 575 g/mol. The van der Waals surface area contributed by atoms with Gasteiger partial charge in [0, 0.05) is 37.3 Å². The lowest BCUT2D eigenvalue weighted by Crippen LogP contribution is -2.43. The van der Waals surface area contributed by atoms with Gasteiger partial charge in [-0.25, -0.2) is 4.98 Å². The highest BCUT2D eigenvalue weighted by Gasteiger charge is 2.27. The maximum atomic E-state index is 13.0. The number of rotatable bonds is 8. The van der Waals surface area contributed by atoms with Crippen molar-refractivity contribution in [2.24, 2.45) is 5.73 Å². The number of nitrogens with zero attached hydrogens (tertiary/aromatic N) is 5. The van der Waals surface area contributed by atoms with Crippen LogP contribution < -0.4 is 21.1 Å². The number of carbonyl (C=O) groups excluding carboxylic acids is 1. The molecule has 10 nitrogen and oxygen atoms in total. The van der Waals surface area contributed by atoms with Gasteiger partial charge in [-0.3, -0.25) is 4.79 Å². The van der Waals surface area contributed by atoms with Gasteiger partial charge in [0.2, 0.25) is 11.9 Å². The molecule has 0 bridgehead atoms. The van der Waals surface area contributed by atoms with Crippen LogP contribution in [-0.4, -0.2) is 68.7 Å². The number of hydrogen-bond acceptors (Lipinski definition) is 8. The number of ether oxygens (including phenoxy) is 1. The largest absolute Gasteiger partial charge is 0.497 e. The fraction of sp³-hybridized carbons (Fsp3) is 0.600. The van der Waals surface area contributed by atoms with Crippen molar-refractivity contribution >= 4 is 53.7 Å². The summed E-state index contributed by atoms with van der Waals surface area (Å²) in [5.41, 5.74) is 8.89. The van der Waals surface area contributed by atoms with Crippen molar-refractivity contribution in [3.63, 3.8) is 0 Å². The van der Waals surface area contributed by atoms with Gasteiger partial charge in [0.05, 0.1) is 19.9 Å². The van der Waals surface area contributed by atoms with Gasteiger partial charge >= 0.3 is 0 Å². The van der Waals surface area contributed by atoms with E-state index in [2.05, 4.69) is 15.2 Å². The molecule has 0 unspecified atom stereocenters. The molecule has 0 spiro atoms. The fourth-order valence-corrected chi connectivity index (χ4v) is 6.47. The summed E-state index contributed by atoms with van der Waals surface area (Å²) in [7, 11) is 1.65. The highest BCUT2D eigenvalue weighted by molar-refractivity contribution is 5.86. The smallest absolute Gasteiger partial charge is 0.227 e. The Balaban J connectivity index is 0.00000202. The standard InChI is InChI=1S/C30H42N8O2.2ClH/c1-40-25-12-6-20(7-13-25)18-26(39)37-16-14-23(15-17-37)33-28-27-29(38(19-32-27)24-4-2-3-5-24)36-30(35-28)34-22-10-8-21(31)9-11-22;;/h6-7,12-13,19,21-24H,2-5,8-11,14-18,31H2,1H3,(H2,33,34,35,36);2*1H/t21-,22-;;. The van der Waals surface area contributed by atoms with Gasteiger partial charge in [0.25, 0.3) is 0 Å². The summed E-state index contributed by atoms with van der Waals surface area (Å²) in [6.45, 7) is 1.45. The molecule has 0 atom stereocenters. The Kier molecular flexibility index (Phi) is 11.1. The van der Waals surface area contributed by atoms with Crippen molar-refractivity contribution in [2.45, 2.75) is 94.8 Å². The van der Waals surface area contributed by atoms with E-state index in [0.29, 0.717) is 30.5 Å². The Labute approximate surface area is 260 Å². The van der Waals surface area contributed by atoms with Crippen LogP contribution in [-0.2, 0) is 11.2 Å². The Hall–Kier alpha value is -2.82. The second kappa shape index (κ2) is 14.6. The molecule has 3 heterocycles. The molecule has 12 heteroatoms. The van der Waals surface area contributed by atoms with Crippen LogP contribution in [0.2, 0.25) is 0 Å². The molecule has 1 amide bonds. The van der Waals surface area contributed by atoms with Crippen molar-refractivity contribution in [1.82, 2.24) is 24.4 Å². The lowest BCUT2D eigenvalue weighted by Gasteiger charge is -2.33. The summed E-state index contributed by atoms with van der Waals surface area (Å²) >= 11 is 0. The van der Waals surface area contributed by atoms with Gasteiger partial charge in [0.15, 0.2) is 17.0 Å². The Morgan fingerprint density at radius 3 is 2.26 bits per heavy atom. The zero-order valence-corrected chi connectivity index (χ0v) is 26.0. The van der Waals surface area contributed by atoms with Crippen LogP contribution in [0.15, 0.2) is 30.6 Å². The summed E-state index contributed by atoms with van der Waals surface area (Å²) in [5.74, 6) is 2.43. The number of piperidine rings is 1. The minimum atomic E-state index is 0. The first-order valence-corrected chi connectivity index (χ1v) is 15.0. The maximum absolute atomic E-state index is 13.0. The third-order valence-electron chi connectivity index (χ3n) is 8.95. The average Bonchev–Trinajstić information content (AvgIpc) is 3.65. The maximum Gasteiger partial charge on any atom is 0.227 e. The fourth-order valence-electron chi connectivity index (χ4n) is 6.47. The molecule has 2 aliphatic carbocycles. The lowest BCUT2D eigenvalue weighted by molar-refractivity contribution is -0.131. The SMILES string of the molecule is COc1ccc(CC(=O)N2CCC(Nc3nc(N[C@H]4CC[C@H](N)CC4)nc4c3ncn4C3CCCC3)CC2)cc1.Cl.Cl. The molecule has 6 rings (SSSR count). The molecule has 4 N–H and O–H groups in total. The Morgan fingerprint density at radius 2 is 1.60 bits per heavy atom. The van der Waals surface area contributed by atoms with Crippen molar-refractivity contribution in [2.75, 3.05) is 30.8 Å². The molecule has 2 saturated carbocycles. The molecule has 3 aliphatic rings. The van der Waals surface area contributed by atoms with Gasteiger partial charge in [0.1, 0.15) is 5.75 Å². The molecule has 42 heavy (non-hydrogen) atoms. The first-order chi connectivity index (χ1) is 19.6. The minimum absolute atomic E-state index is 0. The average molecular weight is 620 g/mol. The van der Waals surface area contributed by atoms with E-state index < -0.39 is 0 Å². The van der Waals surface area contributed by atoms with Crippen molar-refractivity contribution in [1.29, 1.82) is 0 Å². The van der Waals surface area contributed by atoms with Crippen LogP contribution >= 0.6 is 24.8 Å². The van der Waals surface area contributed by atoms with Crippen LogP contribution in [0.3, 0.4) is 0 Å². The predicted octanol–water partition coefficient (Wildman–Crippen LogP) is 5.12. The van der Waals surface area contributed by atoms with E-state index in [0.717, 1.165) is 79.9 Å². The second-order valence-electron chi connectivity index (χ2n) is 11.7. The molecule has 3 fully saturated rings. The normalized spacial score (nSPS) is 21.4. The van der Waals surface area contributed by atoms with E-state index in [9.17, 15) is 4.79 Å². The number of aromatic nitrogens is 4. The van der Waals surface area contributed by atoms with Crippen LogP contribution in [0.5, 0.6) is 5.75 Å². The minimum Gasteiger partial charge on any atom is -0.497 e. The predicted molar refractivity (Wildman–Crippen MR) is 171 cm³/mol. The van der Waals surface area contributed by atoms with Gasteiger partial charge < -0.3 is 30.6 Å². The van der Waals surface area contributed by atoms with Crippen LogP contribution in [0.25, 0.3) is 11.2 Å². The molecular formula is C30H44Cl2N8O2. The number of imidazole rings is 1. The zero-order valence-electron chi connectivity index (χ0n) is 24.3. The number of anilines is 2. The topological polar surface area (TPSA) is 123 Å². The van der Waals surface area contributed by atoms with Gasteiger partial charge in [-0.05, 0) is 69.1 Å². The lowest BCUT2D eigenvalue weighted by atomic mass is 9.92. The van der Waals surface area contributed by atoms with Crippen LogP contribution in [0, 0.1) is 0 Å². The summed E-state index contributed by atoms with van der Waals surface area (Å²) in [6.07, 6.45) is 13.1. The number of hydrogen-bond donors (Lipinski definition) is 3. The van der Waals surface area contributed by atoms with Gasteiger partial charge in [-0.1, -0.05) is 25.0 Å². The number of likely N-dealkylation sites (tertiary alicyclic amines) is 1. The highest BCUT2D eigenvalue weighted by atomic mass is 35.5. The van der Waals surface area contributed by atoms with Crippen molar-refractivity contribution < 1.29 is 9.53 Å². The Morgan fingerprint density at radius 1 is 0.929 bits per heavy atom. The number of carbonyl (C=O) groups is 1. The molecule has 1 aliphatic heterocycles. The van der Waals surface area contributed by atoms with E-state index in [1.165, 1.54) is 25.7 Å². The van der Waals surface area contributed by atoms with E-state index in [4.69, 9.17) is 25.4 Å². The van der Waals surface area contributed by atoms with E-state index in [-0.39, 0.29) is 36.8 Å². The van der Waals surface area contributed by atoms with E-state index >= 15 is 0 Å². The summed E-state index contributed by atoms with van der Waals surface area (Å²) in [4.78, 5) is 29.7. The molecule has 0 radical (unpaired) electrons. The summed E-state index contributed by atoms with van der Waals surface area (Å²) in [6, 6.07) is 9.05. The Bertz CT molecular complexity index is 1300. The number of halogens is 2. The molecule has 230 valence electrons. The zero-order chi connectivity index (χ0) is 27.5. The van der Waals surface area contributed by atoms with Crippen LogP contribution in [0.4, 0.5) is 11.8 Å². The van der Waals surface area contributed by atoms with Crippen molar-refractivity contribution in [3.05, 3.63) is 36.2 Å². The van der Waals surface area contributed by atoms with Crippen LogP contribution in [0.1, 0.15) is 75.8 Å². The number of amides is 1. The first kappa shape index (κ1) is 32.1. The second-order valence-corrected chi connectivity index (χ2v) is 11.7. The first-order valence-electron chi connectivity index (χ1n) is 15.0. The number of nitrogens with one attached hydrogen (secondary N) is 2. The van der Waals surface area contributed by atoms with Crippen molar-refractivity contribution in [3.8, 4) is 5.75 Å². The quantitative estimate of drug-likeness (QED) is 0.318.